The number of thiophene rings is 1. The van der Waals surface area contributed by atoms with Crippen LogP contribution in [-0.4, -0.2) is 17.7 Å². The Bertz CT molecular complexity index is 578. The number of anilines is 1. The van der Waals surface area contributed by atoms with Gasteiger partial charge in [-0.1, -0.05) is 20.8 Å². The minimum absolute atomic E-state index is 0.140. The predicted octanol–water partition coefficient (Wildman–Crippen LogP) is 1.49. The van der Waals surface area contributed by atoms with Gasteiger partial charge >= 0.3 is 0 Å². The number of carbonyl (C=O) groups excluding carboxylic acids is 3. The van der Waals surface area contributed by atoms with E-state index in [1.165, 1.54) is 18.3 Å². The molecule has 0 aromatic carbocycles. The van der Waals surface area contributed by atoms with E-state index in [1.807, 2.05) is 20.8 Å². The van der Waals surface area contributed by atoms with E-state index in [9.17, 15) is 19.5 Å². The molecule has 0 saturated carbocycles. The molecular weight excluding hydrogens is 278 g/mol. The summed E-state index contributed by atoms with van der Waals surface area (Å²) in [6.07, 6.45) is 1.49. The van der Waals surface area contributed by atoms with Crippen LogP contribution in [0.1, 0.15) is 42.2 Å². The average Bonchev–Trinajstić information content (AvgIpc) is 2.70. The first kappa shape index (κ1) is 16.1. The maximum Gasteiger partial charge on any atom is 0.248 e. The molecule has 1 amide bonds. The normalized spacial score (nSPS) is 11.6. The summed E-state index contributed by atoms with van der Waals surface area (Å²) in [7, 11) is 0. The standard InChI is InChI=1S/C14H17NO4S/c1-8(16)13-9(7-10(20-13)14(2,3)4)15-11(17)5-6-12(18)19/h5-7H,1-4H3,(H,15,17)(H,18,19)/p-1/b6-5+. The van der Waals surface area contributed by atoms with Gasteiger partial charge in [0.25, 0.3) is 0 Å². The largest absolute Gasteiger partial charge is 0.545 e. The van der Waals surface area contributed by atoms with Crippen molar-refractivity contribution in [2.45, 2.75) is 33.1 Å². The van der Waals surface area contributed by atoms with Gasteiger partial charge in [0.15, 0.2) is 5.78 Å². The van der Waals surface area contributed by atoms with E-state index in [2.05, 4.69) is 5.32 Å². The summed E-state index contributed by atoms with van der Waals surface area (Å²) in [4.78, 5) is 34.8. The summed E-state index contributed by atoms with van der Waals surface area (Å²) in [6.45, 7) is 7.43. The summed E-state index contributed by atoms with van der Waals surface area (Å²) in [5.41, 5.74) is 0.263. The Kier molecular flexibility index (Phi) is 4.83. The summed E-state index contributed by atoms with van der Waals surface area (Å²) >= 11 is 1.32. The van der Waals surface area contributed by atoms with E-state index < -0.39 is 11.9 Å². The van der Waals surface area contributed by atoms with Gasteiger partial charge in [0.1, 0.15) is 0 Å². The lowest BCUT2D eigenvalue weighted by Crippen LogP contribution is -2.20. The van der Waals surface area contributed by atoms with Crippen molar-refractivity contribution in [1.29, 1.82) is 0 Å². The fourth-order valence-electron chi connectivity index (χ4n) is 1.43. The Labute approximate surface area is 121 Å². The smallest absolute Gasteiger partial charge is 0.248 e. The number of amides is 1. The van der Waals surface area contributed by atoms with E-state index in [1.54, 1.807) is 6.07 Å². The third kappa shape index (κ3) is 4.31. The van der Waals surface area contributed by atoms with Crippen LogP contribution in [0.15, 0.2) is 18.2 Å². The van der Waals surface area contributed by atoms with E-state index in [0.29, 0.717) is 16.6 Å². The second-order valence-corrected chi connectivity index (χ2v) is 6.35. The van der Waals surface area contributed by atoms with Crippen LogP contribution in [0.5, 0.6) is 0 Å². The first-order chi connectivity index (χ1) is 9.11. The number of ketones is 1. The number of Topliss-reactive ketones (excluding diaryl/α,β-unsaturated/α-hetero) is 1. The summed E-state index contributed by atoms with van der Waals surface area (Å²) in [6, 6.07) is 1.74. The molecule has 1 aromatic rings. The first-order valence-electron chi connectivity index (χ1n) is 5.96. The van der Waals surface area contributed by atoms with Gasteiger partial charge in [0, 0.05) is 17.9 Å². The molecule has 0 radical (unpaired) electrons. The van der Waals surface area contributed by atoms with Gasteiger partial charge < -0.3 is 15.2 Å². The zero-order chi connectivity index (χ0) is 15.5. The van der Waals surface area contributed by atoms with Crippen LogP contribution in [0, 0.1) is 0 Å². The highest BCUT2D eigenvalue weighted by Crippen LogP contribution is 2.35. The zero-order valence-electron chi connectivity index (χ0n) is 11.8. The van der Waals surface area contributed by atoms with Crippen molar-refractivity contribution in [3.63, 3.8) is 0 Å². The fraction of sp³-hybridized carbons (Fsp3) is 0.357. The molecule has 5 nitrogen and oxygen atoms in total. The first-order valence-corrected chi connectivity index (χ1v) is 6.78. The van der Waals surface area contributed by atoms with E-state index in [0.717, 1.165) is 11.0 Å². The van der Waals surface area contributed by atoms with Crippen LogP contribution in [0.3, 0.4) is 0 Å². The molecule has 0 bridgehead atoms. The molecular formula is C14H16NO4S-. The molecule has 108 valence electrons. The fourth-order valence-corrected chi connectivity index (χ4v) is 2.50. The number of carboxylic acids is 1. The van der Waals surface area contributed by atoms with Crippen molar-refractivity contribution in [2.24, 2.45) is 0 Å². The van der Waals surface area contributed by atoms with E-state index in [-0.39, 0.29) is 11.2 Å². The number of aliphatic carboxylic acids is 1. The van der Waals surface area contributed by atoms with Gasteiger partial charge in [0.05, 0.1) is 16.5 Å². The predicted molar refractivity (Wildman–Crippen MR) is 75.8 cm³/mol. The Hall–Kier alpha value is -1.95. The number of hydrogen-bond donors (Lipinski definition) is 1. The zero-order valence-corrected chi connectivity index (χ0v) is 12.6. The van der Waals surface area contributed by atoms with Gasteiger partial charge in [-0.05, 0) is 17.6 Å². The summed E-state index contributed by atoms with van der Waals surface area (Å²) in [5.74, 6) is -2.22. The SMILES string of the molecule is CC(=O)c1sc(C(C)(C)C)cc1NC(=O)/C=C/C(=O)[O-]. The topological polar surface area (TPSA) is 86.3 Å². The van der Waals surface area contributed by atoms with Crippen LogP contribution in [0.4, 0.5) is 5.69 Å². The van der Waals surface area contributed by atoms with Gasteiger partial charge in [-0.15, -0.1) is 11.3 Å². The van der Waals surface area contributed by atoms with Crippen molar-refractivity contribution < 1.29 is 19.5 Å². The molecule has 1 rings (SSSR count). The molecule has 0 aliphatic heterocycles. The third-order valence-electron chi connectivity index (χ3n) is 2.42. The van der Waals surface area contributed by atoms with Gasteiger partial charge in [-0.2, -0.15) is 0 Å². The van der Waals surface area contributed by atoms with Gasteiger partial charge in [-0.25, -0.2) is 0 Å². The number of carbonyl (C=O) groups is 3. The molecule has 1 heterocycles. The van der Waals surface area contributed by atoms with Crippen LogP contribution in [0.25, 0.3) is 0 Å². The van der Waals surface area contributed by atoms with Gasteiger partial charge in [0.2, 0.25) is 5.91 Å². The Morgan fingerprint density at radius 3 is 2.30 bits per heavy atom. The molecule has 20 heavy (non-hydrogen) atoms. The quantitative estimate of drug-likeness (QED) is 0.673. The summed E-state index contributed by atoms with van der Waals surface area (Å²) in [5, 5.41) is 12.7. The molecule has 1 N–H and O–H groups in total. The third-order valence-corrected chi connectivity index (χ3v) is 4.08. The van der Waals surface area contributed by atoms with Crippen LogP contribution < -0.4 is 10.4 Å². The molecule has 6 heteroatoms. The lowest BCUT2D eigenvalue weighted by atomic mass is 9.94. The van der Waals surface area contributed by atoms with Crippen molar-refractivity contribution in [3.05, 3.63) is 28.0 Å². The lowest BCUT2D eigenvalue weighted by Gasteiger charge is -2.15. The lowest BCUT2D eigenvalue weighted by molar-refractivity contribution is -0.297. The second kappa shape index (κ2) is 6.00. The summed E-state index contributed by atoms with van der Waals surface area (Å²) < 4.78 is 0. The van der Waals surface area contributed by atoms with E-state index >= 15 is 0 Å². The number of rotatable bonds is 4. The minimum atomic E-state index is -1.45. The Morgan fingerprint density at radius 2 is 1.85 bits per heavy atom. The van der Waals surface area contributed by atoms with Crippen molar-refractivity contribution in [2.75, 3.05) is 5.32 Å². The average molecular weight is 294 g/mol. The van der Waals surface area contributed by atoms with E-state index in [4.69, 9.17) is 0 Å². The molecule has 0 saturated heterocycles. The highest BCUT2D eigenvalue weighted by molar-refractivity contribution is 7.14. The number of hydrogen-bond acceptors (Lipinski definition) is 5. The maximum atomic E-state index is 11.6. The highest BCUT2D eigenvalue weighted by atomic mass is 32.1. The molecule has 0 unspecified atom stereocenters. The molecule has 0 fully saturated rings. The minimum Gasteiger partial charge on any atom is -0.545 e. The molecule has 0 atom stereocenters. The molecule has 0 aliphatic rings. The van der Waals surface area contributed by atoms with Crippen LogP contribution >= 0.6 is 11.3 Å². The second-order valence-electron chi connectivity index (χ2n) is 5.30. The monoisotopic (exact) mass is 294 g/mol. The van der Waals surface area contributed by atoms with Gasteiger partial charge in [-0.3, -0.25) is 9.59 Å². The van der Waals surface area contributed by atoms with Crippen molar-refractivity contribution in [1.82, 2.24) is 0 Å². The number of nitrogens with one attached hydrogen (secondary N) is 1. The number of carboxylic acid groups (broad SMARTS) is 1. The van der Waals surface area contributed by atoms with Crippen LogP contribution in [0.2, 0.25) is 0 Å². The highest BCUT2D eigenvalue weighted by Gasteiger charge is 2.21. The maximum absolute atomic E-state index is 11.6. The van der Waals surface area contributed by atoms with Crippen LogP contribution in [-0.2, 0) is 15.0 Å². The Morgan fingerprint density at radius 1 is 1.25 bits per heavy atom. The van der Waals surface area contributed by atoms with Crippen molar-refractivity contribution in [3.8, 4) is 0 Å². The molecule has 0 spiro atoms. The van der Waals surface area contributed by atoms with Crippen molar-refractivity contribution >= 4 is 34.7 Å². The molecule has 0 aliphatic carbocycles. The Balaban J connectivity index is 3.05. The molecule has 1 aromatic heterocycles.